The molecule has 0 saturated heterocycles. The highest BCUT2D eigenvalue weighted by Crippen LogP contribution is 2.42. The number of thiophene rings is 1. The Bertz CT molecular complexity index is 974. The first kappa shape index (κ1) is 13.7. The summed E-state index contributed by atoms with van der Waals surface area (Å²) < 4.78 is 0. The number of carbonyl (C=O) groups is 2. The van der Waals surface area contributed by atoms with Crippen LogP contribution < -0.4 is 5.73 Å². The lowest BCUT2D eigenvalue weighted by atomic mass is 9.81. The van der Waals surface area contributed by atoms with E-state index in [4.69, 9.17) is 5.73 Å². The lowest BCUT2D eigenvalue weighted by Gasteiger charge is -2.21. The Hall–Kier alpha value is -2.92. The SMILES string of the molecule is Nc1c(-c2cccs2)cc(O)c2c1C(=O)c1ccccc1C2=O. The van der Waals surface area contributed by atoms with E-state index in [1.165, 1.54) is 17.4 Å². The molecule has 112 valence electrons. The molecule has 0 fully saturated rings. The average Bonchev–Trinajstić information content (AvgIpc) is 3.08. The van der Waals surface area contributed by atoms with Gasteiger partial charge in [0.1, 0.15) is 5.75 Å². The van der Waals surface area contributed by atoms with Gasteiger partial charge >= 0.3 is 0 Å². The molecule has 1 aromatic heterocycles. The largest absolute Gasteiger partial charge is 0.507 e. The fourth-order valence-corrected chi connectivity index (χ4v) is 3.69. The maximum atomic E-state index is 12.8. The maximum absolute atomic E-state index is 12.8. The Morgan fingerprint density at radius 1 is 0.870 bits per heavy atom. The average molecular weight is 321 g/mol. The number of aromatic hydroxyl groups is 1. The van der Waals surface area contributed by atoms with Gasteiger partial charge in [0.05, 0.1) is 16.8 Å². The van der Waals surface area contributed by atoms with Gasteiger partial charge in [-0.25, -0.2) is 0 Å². The van der Waals surface area contributed by atoms with Crippen LogP contribution in [-0.2, 0) is 0 Å². The van der Waals surface area contributed by atoms with E-state index in [9.17, 15) is 14.7 Å². The summed E-state index contributed by atoms with van der Waals surface area (Å²) in [5.41, 5.74) is 7.69. The van der Waals surface area contributed by atoms with E-state index in [1.54, 1.807) is 24.3 Å². The molecule has 0 unspecified atom stereocenters. The van der Waals surface area contributed by atoms with Crippen LogP contribution >= 0.6 is 11.3 Å². The van der Waals surface area contributed by atoms with Gasteiger partial charge in [-0.2, -0.15) is 0 Å². The van der Waals surface area contributed by atoms with Gasteiger partial charge in [-0.1, -0.05) is 30.3 Å². The highest BCUT2D eigenvalue weighted by Gasteiger charge is 2.34. The molecule has 5 heteroatoms. The van der Waals surface area contributed by atoms with Crippen molar-refractivity contribution >= 4 is 28.6 Å². The number of phenolic OH excluding ortho intramolecular Hbond substituents is 1. The van der Waals surface area contributed by atoms with Crippen molar-refractivity contribution in [2.24, 2.45) is 0 Å². The molecule has 4 nitrogen and oxygen atoms in total. The Kier molecular flexibility index (Phi) is 2.86. The van der Waals surface area contributed by atoms with Crippen LogP contribution in [-0.4, -0.2) is 16.7 Å². The summed E-state index contributed by atoms with van der Waals surface area (Å²) >= 11 is 1.45. The van der Waals surface area contributed by atoms with Crippen LogP contribution in [0.3, 0.4) is 0 Å². The maximum Gasteiger partial charge on any atom is 0.198 e. The van der Waals surface area contributed by atoms with E-state index in [0.717, 1.165) is 4.88 Å². The van der Waals surface area contributed by atoms with Crippen molar-refractivity contribution in [1.82, 2.24) is 0 Å². The zero-order valence-electron chi connectivity index (χ0n) is 11.9. The molecule has 23 heavy (non-hydrogen) atoms. The molecule has 0 spiro atoms. The summed E-state index contributed by atoms with van der Waals surface area (Å²) in [5, 5.41) is 12.2. The van der Waals surface area contributed by atoms with Crippen LogP contribution in [0.15, 0.2) is 47.8 Å². The number of nitrogens with two attached hydrogens (primary N) is 1. The summed E-state index contributed by atoms with van der Waals surface area (Å²) in [5.74, 6) is -0.927. The zero-order valence-corrected chi connectivity index (χ0v) is 12.7. The second-order valence-electron chi connectivity index (χ2n) is 5.29. The van der Waals surface area contributed by atoms with Gasteiger partial charge in [0, 0.05) is 21.6 Å². The molecular formula is C18H11NO3S. The molecule has 0 radical (unpaired) electrons. The molecule has 4 rings (SSSR count). The molecule has 3 N–H and O–H groups in total. The van der Waals surface area contributed by atoms with Gasteiger partial charge in [0.15, 0.2) is 11.6 Å². The number of nitrogen functional groups attached to an aromatic ring is 1. The summed E-state index contributed by atoms with van der Waals surface area (Å²) in [6, 6.07) is 11.8. The van der Waals surface area contributed by atoms with Gasteiger partial charge in [0.2, 0.25) is 0 Å². The van der Waals surface area contributed by atoms with Crippen molar-refractivity contribution in [2.75, 3.05) is 5.73 Å². The molecule has 0 bridgehead atoms. The van der Waals surface area contributed by atoms with E-state index in [2.05, 4.69) is 0 Å². The second kappa shape index (κ2) is 4.79. The molecule has 1 heterocycles. The van der Waals surface area contributed by atoms with Gasteiger partial charge in [-0.05, 0) is 17.5 Å². The third-order valence-corrected chi connectivity index (χ3v) is 4.91. The first-order valence-corrected chi connectivity index (χ1v) is 7.85. The molecule has 0 aliphatic heterocycles. The Morgan fingerprint density at radius 3 is 2.13 bits per heavy atom. The molecule has 2 aromatic carbocycles. The van der Waals surface area contributed by atoms with Crippen molar-refractivity contribution in [2.45, 2.75) is 0 Å². The van der Waals surface area contributed by atoms with Crippen LogP contribution in [0.2, 0.25) is 0 Å². The van der Waals surface area contributed by atoms with Crippen molar-refractivity contribution in [1.29, 1.82) is 0 Å². The van der Waals surface area contributed by atoms with Gasteiger partial charge in [-0.15, -0.1) is 11.3 Å². The number of rotatable bonds is 1. The van der Waals surface area contributed by atoms with Crippen LogP contribution in [0.5, 0.6) is 5.75 Å². The molecular weight excluding hydrogens is 310 g/mol. The van der Waals surface area contributed by atoms with Crippen molar-refractivity contribution in [3.63, 3.8) is 0 Å². The first-order chi connectivity index (χ1) is 11.1. The van der Waals surface area contributed by atoms with Crippen LogP contribution in [0.1, 0.15) is 31.8 Å². The normalized spacial score (nSPS) is 12.9. The number of anilines is 1. The fraction of sp³-hybridized carbons (Fsp3) is 0. The van der Waals surface area contributed by atoms with Gasteiger partial charge in [-0.3, -0.25) is 9.59 Å². The lowest BCUT2D eigenvalue weighted by molar-refractivity contribution is 0.0977. The predicted octanol–water partition coefficient (Wildman–Crippen LogP) is 3.48. The summed E-state index contributed by atoms with van der Waals surface area (Å²) in [6.07, 6.45) is 0. The number of hydrogen-bond donors (Lipinski definition) is 2. The standard InChI is InChI=1S/C18H11NO3S/c19-16-11(13-6-3-7-23-13)8-12(20)14-15(16)18(22)10-5-2-1-4-9(10)17(14)21/h1-8,20H,19H2. The molecule has 1 aliphatic carbocycles. The summed E-state index contributed by atoms with van der Waals surface area (Å²) in [4.78, 5) is 26.3. The summed E-state index contributed by atoms with van der Waals surface area (Å²) in [7, 11) is 0. The van der Waals surface area contributed by atoms with E-state index in [1.807, 2.05) is 17.5 Å². The zero-order chi connectivity index (χ0) is 16.1. The van der Waals surface area contributed by atoms with Crippen LogP contribution in [0.4, 0.5) is 5.69 Å². The quantitative estimate of drug-likeness (QED) is 0.415. The van der Waals surface area contributed by atoms with Crippen molar-refractivity contribution < 1.29 is 14.7 Å². The third-order valence-electron chi connectivity index (χ3n) is 4.00. The topological polar surface area (TPSA) is 80.4 Å². The Balaban J connectivity index is 2.06. The van der Waals surface area contributed by atoms with Gasteiger partial charge < -0.3 is 10.8 Å². The first-order valence-electron chi connectivity index (χ1n) is 6.97. The number of fused-ring (bicyclic) bond motifs is 2. The molecule has 1 aliphatic rings. The molecule has 0 saturated carbocycles. The predicted molar refractivity (Wildman–Crippen MR) is 89.1 cm³/mol. The molecule has 3 aromatic rings. The van der Waals surface area contributed by atoms with Gasteiger partial charge in [0.25, 0.3) is 0 Å². The lowest BCUT2D eigenvalue weighted by Crippen LogP contribution is -2.22. The van der Waals surface area contributed by atoms with Crippen LogP contribution in [0.25, 0.3) is 10.4 Å². The Labute approximate surface area is 135 Å². The summed E-state index contributed by atoms with van der Waals surface area (Å²) in [6.45, 7) is 0. The number of phenols is 1. The monoisotopic (exact) mass is 321 g/mol. The highest BCUT2D eigenvalue weighted by molar-refractivity contribution is 7.13. The van der Waals surface area contributed by atoms with E-state index in [-0.39, 0.29) is 34.1 Å². The van der Waals surface area contributed by atoms with E-state index < -0.39 is 0 Å². The fourth-order valence-electron chi connectivity index (χ4n) is 2.93. The van der Waals surface area contributed by atoms with Crippen molar-refractivity contribution in [3.05, 3.63) is 70.1 Å². The van der Waals surface area contributed by atoms with E-state index >= 15 is 0 Å². The minimum atomic E-state index is -0.378. The number of ketones is 2. The van der Waals surface area contributed by atoms with Crippen molar-refractivity contribution in [3.8, 4) is 16.2 Å². The number of hydrogen-bond acceptors (Lipinski definition) is 5. The van der Waals surface area contributed by atoms with Crippen LogP contribution in [0, 0.1) is 0 Å². The second-order valence-corrected chi connectivity index (χ2v) is 6.24. The third kappa shape index (κ3) is 1.83. The van der Waals surface area contributed by atoms with E-state index in [0.29, 0.717) is 16.7 Å². The smallest absolute Gasteiger partial charge is 0.198 e. The number of carbonyl (C=O) groups excluding carboxylic acids is 2. The number of benzene rings is 2. The minimum Gasteiger partial charge on any atom is -0.507 e. The molecule has 0 atom stereocenters. The minimum absolute atomic E-state index is 0.00786. The Morgan fingerprint density at radius 2 is 1.52 bits per heavy atom. The highest BCUT2D eigenvalue weighted by atomic mass is 32.1. The molecule has 0 amide bonds.